The number of allylic oxidation sites excluding steroid dienone is 1. The zero-order chi connectivity index (χ0) is 25.2. The number of thiazole rings is 1. The number of nitro benzene ring substituents is 1. The molecule has 0 radical (unpaired) electrons. The lowest BCUT2D eigenvalue weighted by atomic mass is 10.0. The van der Waals surface area contributed by atoms with Gasteiger partial charge in [-0.25, -0.2) is 9.79 Å². The van der Waals surface area contributed by atoms with Crippen molar-refractivity contribution >= 4 is 40.4 Å². The van der Waals surface area contributed by atoms with Crippen LogP contribution in [-0.4, -0.2) is 15.5 Å². The number of carbonyl (C=O) groups excluding carboxylic acids is 1. The lowest BCUT2D eigenvalue weighted by Crippen LogP contribution is -2.39. The molecule has 36 heavy (non-hydrogen) atoms. The quantitative estimate of drug-likeness (QED) is 0.219. The van der Waals surface area contributed by atoms with E-state index in [4.69, 9.17) is 4.74 Å². The van der Waals surface area contributed by atoms with Crippen molar-refractivity contribution in [2.75, 3.05) is 0 Å². The van der Waals surface area contributed by atoms with E-state index in [-0.39, 0.29) is 17.9 Å². The normalized spacial score (nSPS) is 15.4. The molecule has 1 aliphatic rings. The van der Waals surface area contributed by atoms with Gasteiger partial charge in [-0.15, -0.1) is 11.3 Å². The van der Waals surface area contributed by atoms with Crippen molar-refractivity contribution in [2.45, 2.75) is 19.6 Å². The summed E-state index contributed by atoms with van der Waals surface area (Å²) in [5.41, 5.74) is 2.00. The highest BCUT2D eigenvalue weighted by Crippen LogP contribution is 2.33. The molecule has 1 atom stereocenters. The van der Waals surface area contributed by atoms with E-state index in [1.54, 1.807) is 25.1 Å². The van der Waals surface area contributed by atoms with Crippen LogP contribution in [0.5, 0.6) is 0 Å². The molecule has 1 aliphatic heterocycles. The summed E-state index contributed by atoms with van der Waals surface area (Å²) >= 11 is 2.65. The van der Waals surface area contributed by atoms with Crippen LogP contribution in [0.2, 0.25) is 0 Å². The van der Waals surface area contributed by atoms with Crippen molar-refractivity contribution in [3.63, 3.8) is 0 Å². The summed E-state index contributed by atoms with van der Waals surface area (Å²) in [4.78, 5) is 43.2. The largest absolute Gasteiger partial charge is 0.457 e. The van der Waals surface area contributed by atoms with E-state index in [1.807, 2.05) is 47.8 Å². The van der Waals surface area contributed by atoms with Crippen LogP contribution in [0, 0.1) is 10.1 Å². The first kappa shape index (κ1) is 23.6. The number of esters is 1. The van der Waals surface area contributed by atoms with Crippen LogP contribution >= 0.6 is 22.7 Å². The Morgan fingerprint density at radius 2 is 1.89 bits per heavy atom. The molecule has 0 bridgehead atoms. The lowest BCUT2D eigenvalue weighted by Gasteiger charge is -2.23. The Kier molecular flexibility index (Phi) is 6.45. The molecular weight excluding hydrogens is 498 g/mol. The Bertz CT molecular complexity index is 1650. The van der Waals surface area contributed by atoms with Gasteiger partial charge in [-0.1, -0.05) is 47.7 Å². The van der Waals surface area contributed by atoms with Crippen LogP contribution < -0.4 is 14.9 Å². The first-order valence-corrected chi connectivity index (χ1v) is 12.6. The van der Waals surface area contributed by atoms with Gasteiger partial charge in [0.25, 0.3) is 11.2 Å². The van der Waals surface area contributed by atoms with Crippen LogP contribution in [0.25, 0.3) is 6.08 Å². The Morgan fingerprint density at radius 3 is 2.56 bits per heavy atom. The Labute approximate surface area is 212 Å². The summed E-state index contributed by atoms with van der Waals surface area (Å²) < 4.78 is 7.57. The molecule has 3 heterocycles. The van der Waals surface area contributed by atoms with Gasteiger partial charge in [0.15, 0.2) is 4.80 Å². The van der Waals surface area contributed by atoms with Crippen molar-refractivity contribution < 1.29 is 14.5 Å². The minimum atomic E-state index is -0.663. The Balaban J connectivity index is 1.56. The number of non-ortho nitro benzene ring substituents is 1. The number of rotatable bonds is 6. The van der Waals surface area contributed by atoms with Gasteiger partial charge in [-0.2, -0.15) is 0 Å². The summed E-state index contributed by atoms with van der Waals surface area (Å²) in [6, 6.07) is 18.4. The van der Waals surface area contributed by atoms with Crippen molar-refractivity contribution in [2.24, 2.45) is 4.99 Å². The van der Waals surface area contributed by atoms with E-state index >= 15 is 0 Å². The molecule has 0 fully saturated rings. The standard InChI is InChI=1S/C26H19N3O5S2/c1-16-22(25(31)34-15-18-6-3-2-4-7-18)23(20-8-5-13-35-20)28-24(30)21(36-26(28)27-16)14-17-9-11-19(12-10-17)29(32)33/h2-14,23H,15H2,1H3. The third-order valence-electron chi connectivity index (χ3n) is 5.67. The van der Waals surface area contributed by atoms with Crippen LogP contribution in [0.3, 0.4) is 0 Å². The third kappa shape index (κ3) is 4.56. The highest BCUT2D eigenvalue weighted by molar-refractivity contribution is 7.10. The maximum atomic E-state index is 13.6. The minimum absolute atomic E-state index is 0.0272. The second kappa shape index (κ2) is 9.84. The van der Waals surface area contributed by atoms with E-state index in [1.165, 1.54) is 39.4 Å². The van der Waals surface area contributed by atoms with Gasteiger partial charge < -0.3 is 4.74 Å². The molecule has 4 aromatic rings. The number of benzene rings is 2. The van der Waals surface area contributed by atoms with E-state index < -0.39 is 16.9 Å². The smallest absolute Gasteiger partial charge is 0.338 e. The molecule has 2 aromatic heterocycles. The summed E-state index contributed by atoms with van der Waals surface area (Å²) in [6.07, 6.45) is 1.67. The molecule has 0 spiro atoms. The van der Waals surface area contributed by atoms with Gasteiger partial charge in [0.2, 0.25) is 0 Å². The van der Waals surface area contributed by atoms with E-state index in [0.717, 1.165) is 10.4 Å². The molecule has 1 unspecified atom stereocenters. The van der Waals surface area contributed by atoms with Crippen molar-refractivity contribution in [1.82, 2.24) is 4.57 Å². The number of hydrogen-bond acceptors (Lipinski definition) is 8. The Morgan fingerprint density at radius 1 is 1.14 bits per heavy atom. The highest BCUT2D eigenvalue weighted by atomic mass is 32.1. The second-order valence-electron chi connectivity index (χ2n) is 8.01. The topological polar surface area (TPSA) is 104 Å². The molecule has 2 aromatic carbocycles. The van der Waals surface area contributed by atoms with E-state index in [9.17, 15) is 19.7 Å². The Hall–Kier alpha value is -4.15. The van der Waals surface area contributed by atoms with Crippen molar-refractivity contribution in [1.29, 1.82) is 0 Å². The summed E-state index contributed by atoms with van der Waals surface area (Å²) in [5.74, 6) is -0.525. The predicted molar refractivity (Wildman–Crippen MR) is 137 cm³/mol. The fourth-order valence-electron chi connectivity index (χ4n) is 3.94. The number of fused-ring (bicyclic) bond motifs is 1. The number of hydrogen-bond donors (Lipinski definition) is 0. The van der Waals surface area contributed by atoms with Crippen molar-refractivity contribution in [3.8, 4) is 0 Å². The molecule has 5 rings (SSSR count). The molecule has 10 heteroatoms. The molecule has 0 N–H and O–H groups in total. The highest BCUT2D eigenvalue weighted by Gasteiger charge is 2.34. The molecule has 8 nitrogen and oxygen atoms in total. The van der Waals surface area contributed by atoms with Gasteiger partial charge in [0.05, 0.1) is 20.7 Å². The zero-order valence-corrected chi connectivity index (χ0v) is 20.6. The summed E-state index contributed by atoms with van der Waals surface area (Å²) in [6.45, 7) is 1.85. The molecule has 0 aliphatic carbocycles. The average molecular weight is 518 g/mol. The van der Waals surface area contributed by atoms with Crippen LogP contribution in [0.4, 0.5) is 5.69 Å². The number of ether oxygens (including phenoxy) is 1. The second-order valence-corrected chi connectivity index (χ2v) is 10.00. The first-order valence-electron chi connectivity index (χ1n) is 10.9. The van der Waals surface area contributed by atoms with Gasteiger partial charge in [0, 0.05) is 17.0 Å². The molecule has 0 saturated carbocycles. The van der Waals surface area contributed by atoms with Gasteiger partial charge in [-0.3, -0.25) is 19.5 Å². The minimum Gasteiger partial charge on any atom is -0.457 e. The lowest BCUT2D eigenvalue weighted by molar-refractivity contribution is -0.384. The number of aromatic nitrogens is 1. The summed E-state index contributed by atoms with van der Waals surface area (Å²) in [5, 5.41) is 12.8. The molecular formula is C26H19N3O5S2. The molecule has 0 saturated heterocycles. The van der Waals surface area contributed by atoms with Crippen molar-refractivity contribution in [3.05, 3.63) is 129 Å². The van der Waals surface area contributed by atoms with Gasteiger partial charge in [-0.05, 0) is 47.7 Å². The monoisotopic (exact) mass is 517 g/mol. The number of thiophene rings is 1. The molecule has 0 amide bonds. The maximum absolute atomic E-state index is 13.6. The SMILES string of the molecule is CC1=C(C(=O)OCc2ccccc2)C(c2cccs2)n2c(sc(=Cc3ccc([N+](=O)[O-])cc3)c2=O)=N1. The van der Waals surface area contributed by atoms with E-state index in [2.05, 4.69) is 4.99 Å². The average Bonchev–Trinajstić information content (AvgIpc) is 3.51. The van der Waals surface area contributed by atoms with Crippen LogP contribution in [0.1, 0.15) is 29.0 Å². The fraction of sp³-hybridized carbons (Fsp3) is 0.115. The predicted octanol–water partition coefficient (Wildman–Crippen LogP) is 3.95. The van der Waals surface area contributed by atoms with Crippen LogP contribution in [-0.2, 0) is 16.1 Å². The molecule has 180 valence electrons. The number of nitro groups is 1. The first-order chi connectivity index (χ1) is 17.4. The van der Waals surface area contributed by atoms with Crippen LogP contribution in [0.15, 0.2) is 93.2 Å². The number of nitrogens with zero attached hydrogens (tertiary/aromatic N) is 3. The van der Waals surface area contributed by atoms with Gasteiger partial charge in [0.1, 0.15) is 12.6 Å². The fourth-order valence-corrected chi connectivity index (χ4v) is 5.81. The summed E-state index contributed by atoms with van der Waals surface area (Å²) in [7, 11) is 0. The van der Waals surface area contributed by atoms with E-state index in [0.29, 0.717) is 26.2 Å². The number of carbonyl (C=O) groups is 1. The zero-order valence-electron chi connectivity index (χ0n) is 19.0. The van der Waals surface area contributed by atoms with Gasteiger partial charge >= 0.3 is 5.97 Å². The maximum Gasteiger partial charge on any atom is 0.338 e. The third-order valence-corrected chi connectivity index (χ3v) is 7.58.